The van der Waals surface area contributed by atoms with Crippen molar-refractivity contribution in [1.82, 2.24) is 8.87 Å². The van der Waals surface area contributed by atoms with Crippen LogP contribution in [-0.2, 0) is 21.4 Å². The van der Waals surface area contributed by atoms with Gasteiger partial charge >= 0.3 is 29.6 Å². The Kier molecular flexibility index (Phi) is 12.2. The number of hydrogen-bond acceptors (Lipinski definition) is 6. The molecule has 2 N–H and O–H groups in total. The summed E-state index contributed by atoms with van der Waals surface area (Å²) in [6, 6.07) is 14.8. The summed E-state index contributed by atoms with van der Waals surface area (Å²) in [5, 5.41) is 31.7. The third-order valence-corrected chi connectivity index (χ3v) is 10.2. The van der Waals surface area contributed by atoms with Crippen LogP contribution in [0.25, 0.3) is 22.4 Å². The van der Waals surface area contributed by atoms with Gasteiger partial charge in [0.25, 0.3) is 0 Å². The van der Waals surface area contributed by atoms with Crippen molar-refractivity contribution in [1.29, 1.82) is 0 Å². The van der Waals surface area contributed by atoms with E-state index in [0.717, 1.165) is 12.8 Å². The van der Waals surface area contributed by atoms with Crippen molar-refractivity contribution in [2.45, 2.75) is 101 Å². The molecule has 1 aliphatic heterocycles. The number of carboxylic acids is 1. The molecule has 8 nitrogen and oxygen atoms in total. The predicted octanol–water partition coefficient (Wildman–Crippen LogP) is 1.29. The number of aliphatic hydroxyl groups excluding tert-OH is 2. The second kappa shape index (κ2) is 14.8. The van der Waals surface area contributed by atoms with E-state index in [1.165, 1.54) is 12.1 Å². The van der Waals surface area contributed by atoms with Gasteiger partial charge in [-0.05, 0) is 80.8 Å². The minimum atomic E-state index is -4.02. The molecule has 0 bridgehead atoms. The normalized spacial score (nSPS) is 18.9. The molecule has 2 heterocycles. The number of halogens is 1. The molecule has 0 radical (unpaired) electrons. The average molecular weight is 623 g/mol. The zero-order valence-electron chi connectivity index (χ0n) is 25.5. The molecule has 4 atom stereocenters. The van der Waals surface area contributed by atoms with Crippen LogP contribution >= 0.6 is 0 Å². The fourth-order valence-corrected chi connectivity index (χ4v) is 8.65. The number of hydrogen-bond donors (Lipinski definition) is 2. The molecule has 0 amide bonds. The number of carbonyl (C=O) groups excluding carboxylic acids is 1. The van der Waals surface area contributed by atoms with E-state index in [2.05, 4.69) is 0 Å². The van der Waals surface area contributed by atoms with Crippen molar-refractivity contribution in [2.24, 2.45) is 0 Å². The van der Waals surface area contributed by atoms with Crippen molar-refractivity contribution >= 4 is 16.0 Å². The van der Waals surface area contributed by atoms with Crippen molar-refractivity contribution < 1.29 is 62.5 Å². The van der Waals surface area contributed by atoms with Gasteiger partial charge < -0.3 is 24.7 Å². The molecule has 0 spiro atoms. The van der Waals surface area contributed by atoms with Crippen LogP contribution in [0.15, 0.2) is 59.5 Å². The maximum Gasteiger partial charge on any atom is 1.00 e. The van der Waals surface area contributed by atoms with E-state index in [0.29, 0.717) is 28.1 Å². The third-order valence-electron chi connectivity index (χ3n) is 8.02. The molecule has 1 aliphatic rings. The van der Waals surface area contributed by atoms with Gasteiger partial charge in [-0.3, -0.25) is 0 Å². The molecule has 2 aromatic carbocycles. The van der Waals surface area contributed by atoms with Gasteiger partial charge in [0.15, 0.2) is 0 Å². The van der Waals surface area contributed by atoms with Crippen LogP contribution < -0.4 is 34.7 Å². The topological polar surface area (TPSA) is 123 Å². The Morgan fingerprint density at radius 1 is 0.977 bits per heavy atom. The summed E-state index contributed by atoms with van der Waals surface area (Å²) >= 11 is 0. The smallest absolute Gasteiger partial charge is 0.550 e. The Balaban J connectivity index is 0.00000506. The van der Waals surface area contributed by atoms with E-state index in [9.17, 15) is 32.9 Å². The van der Waals surface area contributed by atoms with Gasteiger partial charge in [-0.1, -0.05) is 44.2 Å². The predicted molar refractivity (Wildman–Crippen MR) is 157 cm³/mol. The molecule has 228 valence electrons. The van der Waals surface area contributed by atoms with Crippen LogP contribution in [0.3, 0.4) is 0 Å². The largest absolute Gasteiger partial charge is 1.00 e. The SMILES string of the molecule is CC(C)c1c(S(=O)(=O)N2[C@@H](C)CC[C@@H]2C)c(-c2ccccc2)c(-c2ccc(F)cc2)n1CC[C@@H](O)C[C@@H](O)CC(=O)[O-].[Na+]. The number of rotatable bonds is 12. The standard InChI is InChI=1S/C32H41FN2O6S.Na/c1-20(2)30-32(42(40,41)35-21(3)10-11-22(35)4)29(23-8-6-5-7-9-23)31(24-12-14-25(33)15-13-24)34(30)17-16-26(36)18-27(37)19-28(38)39;/h5-9,12-15,20-22,26-27,36-37H,10-11,16-19H2,1-4H3,(H,38,39);/q;+1/p-1/t21-,22-,26+,27+;/m0./s1. The van der Waals surface area contributed by atoms with Crippen LogP contribution in [0.2, 0.25) is 0 Å². The van der Waals surface area contributed by atoms with E-state index in [1.807, 2.05) is 62.6 Å². The summed E-state index contributed by atoms with van der Waals surface area (Å²) in [5.74, 6) is -2.08. The second-order valence-electron chi connectivity index (χ2n) is 11.6. The first-order valence-corrected chi connectivity index (χ1v) is 15.9. The molecule has 1 aromatic heterocycles. The summed E-state index contributed by atoms with van der Waals surface area (Å²) in [5.41, 5.74) is 2.99. The van der Waals surface area contributed by atoms with E-state index < -0.39 is 40.4 Å². The molecule has 3 aromatic rings. The van der Waals surface area contributed by atoms with Crippen molar-refractivity contribution in [2.75, 3.05) is 0 Å². The number of carboxylic acid groups (broad SMARTS) is 1. The van der Waals surface area contributed by atoms with E-state index in [1.54, 1.807) is 16.4 Å². The molecular weight excluding hydrogens is 582 g/mol. The third kappa shape index (κ3) is 7.79. The number of aliphatic carboxylic acids is 1. The van der Waals surface area contributed by atoms with Gasteiger partial charge in [-0.15, -0.1) is 0 Å². The quantitative estimate of drug-likeness (QED) is 0.294. The summed E-state index contributed by atoms with van der Waals surface area (Å²) in [4.78, 5) is 11.1. The first-order chi connectivity index (χ1) is 19.8. The van der Waals surface area contributed by atoms with Gasteiger partial charge in [-0.2, -0.15) is 4.31 Å². The molecule has 0 unspecified atom stereocenters. The summed E-state index contributed by atoms with van der Waals surface area (Å²) in [6.07, 6.45) is -1.46. The molecule has 1 fully saturated rings. The number of benzene rings is 2. The van der Waals surface area contributed by atoms with Gasteiger partial charge in [0.2, 0.25) is 10.0 Å². The summed E-state index contributed by atoms with van der Waals surface area (Å²) in [7, 11) is -4.02. The van der Waals surface area contributed by atoms with Crippen molar-refractivity contribution in [3.05, 3.63) is 66.1 Å². The maximum absolute atomic E-state index is 14.7. The van der Waals surface area contributed by atoms with Crippen LogP contribution in [0.5, 0.6) is 0 Å². The fraction of sp³-hybridized carbons (Fsp3) is 0.469. The van der Waals surface area contributed by atoms with Gasteiger partial charge in [0.05, 0.1) is 17.9 Å². The monoisotopic (exact) mass is 622 g/mol. The van der Waals surface area contributed by atoms with Gasteiger partial charge in [0, 0.05) is 42.3 Å². The van der Waals surface area contributed by atoms with Crippen molar-refractivity contribution in [3.8, 4) is 22.4 Å². The second-order valence-corrected chi connectivity index (χ2v) is 13.4. The van der Waals surface area contributed by atoms with E-state index in [-0.39, 0.29) is 71.8 Å². The van der Waals surface area contributed by atoms with Crippen LogP contribution in [0.1, 0.15) is 71.4 Å². The Morgan fingerprint density at radius 3 is 2.09 bits per heavy atom. The Bertz CT molecular complexity index is 1480. The molecular formula is C32H40FN2NaO6S. The Morgan fingerprint density at radius 2 is 1.56 bits per heavy atom. The minimum absolute atomic E-state index is 0. The zero-order chi connectivity index (χ0) is 30.8. The first-order valence-electron chi connectivity index (χ1n) is 14.5. The maximum atomic E-state index is 14.7. The Hall–Kier alpha value is -2.05. The van der Waals surface area contributed by atoms with E-state index >= 15 is 0 Å². The fourth-order valence-electron chi connectivity index (χ4n) is 6.20. The van der Waals surface area contributed by atoms with Crippen LogP contribution in [0.4, 0.5) is 4.39 Å². The number of carbonyl (C=O) groups is 1. The number of nitrogens with zero attached hydrogens (tertiary/aromatic N) is 2. The molecule has 43 heavy (non-hydrogen) atoms. The van der Waals surface area contributed by atoms with Crippen molar-refractivity contribution in [3.63, 3.8) is 0 Å². The summed E-state index contributed by atoms with van der Waals surface area (Å²) < 4.78 is 47.0. The Labute approximate surface area is 275 Å². The van der Waals surface area contributed by atoms with E-state index in [4.69, 9.17) is 0 Å². The molecule has 1 saturated heterocycles. The molecule has 4 rings (SSSR count). The molecule has 11 heteroatoms. The number of sulfonamides is 1. The number of aliphatic hydroxyl groups is 2. The molecule has 0 saturated carbocycles. The van der Waals surface area contributed by atoms with Crippen LogP contribution in [-0.4, -0.2) is 57.8 Å². The summed E-state index contributed by atoms with van der Waals surface area (Å²) in [6.45, 7) is 7.87. The zero-order valence-corrected chi connectivity index (χ0v) is 28.4. The van der Waals surface area contributed by atoms with Gasteiger partial charge in [0.1, 0.15) is 10.7 Å². The minimum Gasteiger partial charge on any atom is -0.550 e. The average Bonchev–Trinajstić information content (AvgIpc) is 3.45. The van der Waals surface area contributed by atoms with Crippen LogP contribution in [0, 0.1) is 5.82 Å². The first kappa shape index (κ1) is 35.4. The molecule has 0 aliphatic carbocycles. The van der Waals surface area contributed by atoms with Gasteiger partial charge in [-0.25, -0.2) is 12.8 Å². The number of aromatic nitrogens is 1.